The first-order chi connectivity index (χ1) is 18.5. The minimum atomic E-state index is -3.80. The van der Waals surface area contributed by atoms with Gasteiger partial charge in [0.05, 0.1) is 11.9 Å². The standard InChI is InChI=1S/C30H36BrN3O4S/c1-5-23(3)32-30(36)28(19-24-12-7-6-8-13-24)33(20-25-14-10-9-11-22(25)2)29(35)21-34(39(4,37)38)27-17-15-26(31)16-18-27/h6-18,23,28H,5,19-21H2,1-4H3,(H,32,36). The summed E-state index contributed by atoms with van der Waals surface area (Å²) in [5, 5.41) is 3.04. The lowest BCUT2D eigenvalue weighted by Gasteiger charge is -2.34. The van der Waals surface area contributed by atoms with Gasteiger partial charge < -0.3 is 10.2 Å². The van der Waals surface area contributed by atoms with Crippen molar-refractivity contribution in [3.63, 3.8) is 0 Å². The smallest absolute Gasteiger partial charge is 0.244 e. The molecule has 0 bridgehead atoms. The molecule has 2 unspecified atom stereocenters. The van der Waals surface area contributed by atoms with E-state index in [1.807, 2.05) is 75.4 Å². The van der Waals surface area contributed by atoms with E-state index in [0.29, 0.717) is 5.69 Å². The van der Waals surface area contributed by atoms with Crippen LogP contribution in [0, 0.1) is 6.92 Å². The fourth-order valence-corrected chi connectivity index (χ4v) is 5.30. The molecule has 3 rings (SSSR count). The van der Waals surface area contributed by atoms with Crippen molar-refractivity contribution >= 4 is 43.5 Å². The number of nitrogens with one attached hydrogen (secondary N) is 1. The number of hydrogen-bond donors (Lipinski definition) is 1. The van der Waals surface area contributed by atoms with Crippen LogP contribution in [0.15, 0.2) is 83.3 Å². The summed E-state index contributed by atoms with van der Waals surface area (Å²) in [7, 11) is -3.80. The van der Waals surface area contributed by atoms with Crippen LogP contribution in [0.2, 0.25) is 0 Å². The Balaban J connectivity index is 2.06. The van der Waals surface area contributed by atoms with Crippen LogP contribution in [0.5, 0.6) is 0 Å². The van der Waals surface area contributed by atoms with Gasteiger partial charge in [0.25, 0.3) is 0 Å². The van der Waals surface area contributed by atoms with Gasteiger partial charge in [-0.25, -0.2) is 8.42 Å². The normalized spacial score (nSPS) is 12.8. The maximum absolute atomic E-state index is 14.1. The van der Waals surface area contributed by atoms with E-state index in [1.54, 1.807) is 24.3 Å². The molecule has 2 atom stereocenters. The number of aryl methyl sites for hydroxylation is 1. The zero-order valence-corrected chi connectivity index (χ0v) is 25.2. The Morgan fingerprint density at radius 2 is 1.56 bits per heavy atom. The van der Waals surface area contributed by atoms with Crippen molar-refractivity contribution in [2.24, 2.45) is 0 Å². The molecule has 9 heteroatoms. The van der Waals surface area contributed by atoms with Crippen LogP contribution in [0.4, 0.5) is 5.69 Å². The topological polar surface area (TPSA) is 86.8 Å². The second-order valence-corrected chi connectivity index (χ2v) is 12.5. The minimum absolute atomic E-state index is 0.0820. The number of carbonyl (C=O) groups is 2. The third-order valence-electron chi connectivity index (χ3n) is 6.67. The monoisotopic (exact) mass is 613 g/mol. The Bertz CT molecular complexity index is 1360. The number of carbonyl (C=O) groups excluding carboxylic acids is 2. The molecule has 0 fully saturated rings. The highest BCUT2D eigenvalue weighted by molar-refractivity contribution is 9.10. The molecule has 2 amide bonds. The average Bonchev–Trinajstić information content (AvgIpc) is 2.90. The third kappa shape index (κ3) is 8.66. The molecule has 0 aliphatic heterocycles. The van der Waals surface area contributed by atoms with E-state index in [9.17, 15) is 18.0 Å². The van der Waals surface area contributed by atoms with Crippen LogP contribution in [0.25, 0.3) is 0 Å². The first-order valence-electron chi connectivity index (χ1n) is 12.9. The van der Waals surface area contributed by atoms with Crippen LogP contribution >= 0.6 is 15.9 Å². The molecule has 0 aliphatic carbocycles. The molecular formula is C30H36BrN3O4S. The lowest BCUT2D eigenvalue weighted by molar-refractivity contribution is -0.140. The summed E-state index contributed by atoms with van der Waals surface area (Å²) in [5.74, 6) is -0.739. The summed E-state index contributed by atoms with van der Waals surface area (Å²) in [6.07, 6.45) is 2.10. The molecule has 0 aliphatic rings. The van der Waals surface area contributed by atoms with Crippen molar-refractivity contribution < 1.29 is 18.0 Å². The molecule has 3 aromatic rings. The summed E-state index contributed by atoms with van der Waals surface area (Å²) >= 11 is 3.37. The fraction of sp³-hybridized carbons (Fsp3) is 0.333. The van der Waals surface area contributed by atoms with E-state index >= 15 is 0 Å². The Hall–Kier alpha value is -3.17. The van der Waals surface area contributed by atoms with Crippen LogP contribution in [-0.4, -0.2) is 50.0 Å². The maximum atomic E-state index is 14.1. The highest BCUT2D eigenvalue weighted by atomic mass is 79.9. The molecule has 0 radical (unpaired) electrons. The van der Waals surface area contributed by atoms with Crippen LogP contribution in [-0.2, 0) is 32.6 Å². The lowest BCUT2D eigenvalue weighted by Crippen LogP contribution is -2.54. The number of sulfonamides is 1. The number of rotatable bonds is 12. The first-order valence-corrected chi connectivity index (χ1v) is 15.5. The van der Waals surface area contributed by atoms with E-state index < -0.39 is 28.5 Å². The number of nitrogens with zero attached hydrogens (tertiary/aromatic N) is 2. The van der Waals surface area contributed by atoms with Crippen molar-refractivity contribution in [2.45, 2.75) is 52.2 Å². The first kappa shape index (κ1) is 30.4. The molecule has 0 heterocycles. The summed E-state index contributed by atoms with van der Waals surface area (Å²) in [6, 6.07) is 23.0. The van der Waals surface area contributed by atoms with Crippen molar-refractivity contribution in [3.05, 3.63) is 100 Å². The van der Waals surface area contributed by atoms with Gasteiger partial charge in [0, 0.05) is 23.5 Å². The van der Waals surface area contributed by atoms with Gasteiger partial charge in [0.1, 0.15) is 12.6 Å². The van der Waals surface area contributed by atoms with Gasteiger partial charge in [-0.2, -0.15) is 0 Å². The van der Waals surface area contributed by atoms with E-state index in [4.69, 9.17) is 0 Å². The van der Waals surface area contributed by atoms with Crippen LogP contribution in [0.3, 0.4) is 0 Å². The highest BCUT2D eigenvalue weighted by Crippen LogP contribution is 2.23. The number of halogens is 1. The van der Waals surface area contributed by atoms with Crippen molar-refractivity contribution in [1.82, 2.24) is 10.2 Å². The Kier molecular flexibility index (Phi) is 10.7. The van der Waals surface area contributed by atoms with Gasteiger partial charge in [0.15, 0.2) is 0 Å². The predicted molar refractivity (Wildman–Crippen MR) is 160 cm³/mol. The van der Waals surface area contributed by atoms with Crippen molar-refractivity contribution in [1.29, 1.82) is 0 Å². The third-order valence-corrected chi connectivity index (χ3v) is 8.34. The van der Waals surface area contributed by atoms with E-state index in [0.717, 1.165) is 38.1 Å². The summed E-state index contributed by atoms with van der Waals surface area (Å²) in [6.45, 7) is 5.58. The quantitative estimate of drug-likeness (QED) is 0.309. The minimum Gasteiger partial charge on any atom is -0.352 e. The SMILES string of the molecule is CCC(C)NC(=O)C(Cc1ccccc1)N(Cc1ccccc1C)C(=O)CN(c1ccc(Br)cc1)S(C)(=O)=O. The molecule has 0 spiro atoms. The number of amides is 2. The summed E-state index contributed by atoms with van der Waals surface area (Å²) in [5.41, 5.74) is 3.13. The van der Waals surface area contributed by atoms with E-state index in [-0.39, 0.29) is 24.9 Å². The lowest BCUT2D eigenvalue weighted by atomic mass is 10.0. The van der Waals surface area contributed by atoms with Gasteiger partial charge in [-0.05, 0) is 61.2 Å². The average molecular weight is 615 g/mol. The zero-order chi connectivity index (χ0) is 28.6. The van der Waals surface area contributed by atoms with Crippen molar-refractivity contribution in [2.75, 3.05) is 17.1 Å². The zero-order valence-electron chi connectivity index (χ0n) is 22.8. The molecule has 0 saturated carbocycles. The largest absolute Gasteiger partial charge is 0.352 e. The second-order valence-electron chi connectivity index (χ2n) is 9.72. The van der Waals surface area contributed by atoms with E-state index in [2.05, 4.69) is 21.2 Å². The van der Waals surface area contributed by atoms with Gasteiger partial charge >= 0.3 is 0 Å². The number of benzene rings is 3. The number of hydrogen-bond acceptors (Lipinski definition) is 4. The van der Waals surface area contributed by atoms with Gasteiger partial charge in [-0.3, -0.25) is 13.9 Å². The molecule has 208 valence electrons. The van der Waals surface area contributed by atoms with Gasteiger partial charge in [-0.15, -0.1) is 0 Å². The molecule has 1 N–H and O–H groups in total. The molecule has 3 aromatic carbocycles. The molecule has 0 aromatic heterocycles. The highest BCUT2D eigenvalue weighted by Gasteiger charge is 2.33. The Morgan fingerprint density at radius 1 is 0.949 bits per heavy atom. The van der Waals surface area contributed by atoms with Crippen LogP contribution in [0.1, 0.15) is 37.0 Å². The second kappa shape index (κ2) is 13.8. The molecular weight excluding hydrogens is 578 g/mol. The molecule has 7 nitrogen and oxygen atoms in total. The van der Waals surface area contributed by atoms with E-state index in [1.165, 1.54) is 4.90 Å². The van der Waals surface area contributed by atoms with Crippen molar-refractivity contribution in [3.8, 4) is 0 Å². The van der Waals surface area contributed by atoms with Gasteiger partial charge in [-0.1, -0.05) is 77.5 Å². The Morgan fingerprint density at radius 3 is 2.15 bits per heavy atom. The molecule has 0 saturated heterocycles. The maximum Gasteiger partial charge on any atom is 0.244 e. The summed E-state index contributed by atoms with van der Waals surface area (Å²) in [4.78, 5) is 29.3. The van der Waals surface area contributed by atoms with Gasteiger partial charge in [0.2, 0.25) is 21.8 Å². The predicted octanol–water partition coefficient (Wildman–Crippen LogP) is 5.08. The Labute approximate surface area is 240 Å². The fourth-order valence-electron chi connectivity index (χ4n) is 4.19. The summed E-state index contributed by atoms with van der Waals surface area (Å²) < 4.78 is 27.5. The number of anilines is 1. The van der Waals surface area contributed by atoms with Crippen LogP contribution < -0.4 is 9.62 Å². The molecule has 39 heavy (non-hydrogen) atoms.